The average molecular weight is 329 g/mol. The van der Waals surface area contributed by atoms with E-state index in [-0.39, 0.29) is 17.7 Å². The van der Waals surface area contributed by atoms with Crippen LogP contribution >= 0.6 is 0 Å². The Balaban J connectivity index is 1.56. The number of amides is 2. The average Bonchev–Trinajstić information content (AvgIpc) is 3.17. The predicted molar refractivity (Wildman–Crippen MR) is 93.3 cm³/mol. The molecule has 2 fully saturated rings. The molecule has 3 rings (SSSR count). The van der Waals surface area contributed by atoms with Crippen molar-refractivity contribution in [1.82, 2.24) is 15.1 Å². The zero-order chi connectivity index (χ0) is 17.1. The molecule has 0 saturated carbocycles. The summed E-state index contributed by atoms with van der Waals surface area (Å²) >= 11 is 0. The van der Waals surface area contributed by atoms with Crippen LogP contribution in [-0.4, -0.2) is 54.8 Å². The van der Waals surface area contributed by atoms with Gasteiger partial charge in [0.25, 0.3) is 0 Å². The molecule has 24 heavy (non-hydrogen) atoms. The lowest BCUT2D eigenvalue weighted by Crippen LogP contribution is -2.36. The minimum atomic E-state index is -0.170. The normalized spacial score (nSPS) is 24.0. The number of likely N-dealkylation sites (tertiary alicyclic amines) is 2. The van der Waals surface area contributed by atoms with Crippen molar-refractivity contribution in [2.75, 3.05) is 33.2 Å². The van der Waals surface area contributed by atoms with Gasteiger partial charge in [-0.2, -0.15) is 0 Å². The first kappa shape index (κ1) is 17.0. The number of hydrogen-bond acceptors (Lipinski definition) is 3. The SMILES string of the molecule is CNCC1CCN(C(=O)C2CC(=O)N(Cc3ccc(C)cc3)C2)C1. The maximum absolute atomic E-state index is 12.7. The van der Waals surface area contributed by atoms with Crippen LogP contribution in [0.25, 0.3) is 0 Å². The first-order valence-corrected chi connectivity index (χ1v) is 8.83. The second kappa shape index (κ2) is 7.34. The van der Waals surface area contributed by atoms with Gasteiger partial charge >= 0.3 is 0 Å². The van der Waals surface area contributed by atoms with Gasteiger partial charge in [0.05, 0.1) is 5.92 Å². The minimum Gasteiger partial charge on any atom is -0.342 e. The Morgan fingerprint density at radius 3 is 2.71 bits per heavy atom. The fourth-order valence-electron chi connectivity index (χ4n) is 3.75. The van der Waals surface area contributed by atoms with Gasteiger partial charge in [0, 0.05) is 32.6 Å². The van der Waals surface area contributed by atoms with Crippen molar-refractivity contribution in [2.24, 2.45) is 11.8 Å². The van der Waals surface area contributed by atoms with E-state index in [1.54, 1.807) is 0 Å². The van der Waals surface area contributed by atoms with Gasteiger partial charge in [0.15, 0.2) is 0 Å². The maximum atomic E-state index is 12.7. The smallest absolute Gasteiger partial charge is 0.228 e. The summed E-state index contributed by atoms with van der Waals surface area (Å²) in [6.07, 6.45) is 1.41. The largest absolute Gasteiger partial charge is 0.342 e. The van der Waals surface area contributed by atoms with Crippen molar-refractivity contribution >= 4 is 11.8 Å². The van der Waals surface area contributed by atoms with E-state index in [4.69, 9.17) is 0 Å². The molecule has 2 heterocycles. The maximum Gasteiger partial charge on any atom is 0.228 e. The predicted octanol–water partition coefficient (Wildman–Crippen LogP) is 1.41. The van der Waals surface area contributed by atoms with Crippen molar-refractivity contribution in [2.45, 2.75) is 26.3 Å². The lowest BCUT2D eigenvalue weighted by molar-refractivity contribution is -0.135. The van der Waals surface area contributed by atoms with Gasteiger partial charge in [0.1, 0.15) is 0 Å². The Kier molecular flexibility index (Phi) is 5.19. The van der Waals surface area contributed by atoms with E-state index in [9.17, 15) is 9.59 Å². The second-order valence-corrected chi connectivity index (χ2v) is 7.16. The molecule has 0 aliphatic carbocycles. The zero-order valence-corrected chi connectivity index (χ0v) is 14.6. The third kappa shape index (κ3) is 3.78. The molecule has 0 bridgehead atoms. The van der Waals surface area contributed by atoms with Gasteiger partial charge in [-0.1, -0.05) is 29.8 Å². The van der Waals surface area contributed by atoms with Gasteiger partial charge in [-0.3, -0.25) is 9.59 Å². The lowest BCUT2D eigenvalue weighted by Gasteiger charge is -2.21. The molecule has 5 nitrogen and oxygen atoms in total. The monoisotopic (exact) mass is 329 g/mol. The molecule has 0 spiro atoms. The van der Waals surface area contributed by atoms with Gasteiger partial charge in [-0.05, 0) is 38.4 Å². The molecular weight excluding hydrogens is 302 g/mol. The van der Waals surface area contributed by atoms with E-state index in [1.165, 1.54) is 5.56 Å². The molecule has 1 N–H and O–H groups in total. The van der Waals surface area contributed by atoms with Crippen LogP contribution in [0.15, 0.2) is 24.3 Å². The summed E-state index contributed by atoms with van der Waals surface area (Å²) < 4.78 is 0. The number of nitrogens with zero attached hydrogens (tertiary/aromatic N) is 2. The number of benzene rings is 1. The molecule has 2 atom stereocenters. The van der Waals surface area contributed by atoms with E-state index < -0.39 is 0 Å². The molecular formula is C19H27N3O2. The highest BCUT2D eigenvalue weighted by Crippen LogP contribution is 2.25. The van der Waals surface area contributed by atoms with E-state index in [2.05, 4.69) is 36.5 Å². The Labute approximate surface area is 144 Å². The quantitative estimate of drug-likeness (QED) is 0.889. The minimum absolute atomic E-state index is 0.0971. The van der Waals surface area contributed by atoms with Crippen LogP contribution in [0.2, 0.25) is 0 Å². The van der Waals surface area contributed by atoms with E-state index >= 15 is 0 Å². The molecule has 5 heteroatoms. The molecule has 2 unspecified atom stereocenters. The fraction of sp³-hybridized carbons (Fsp3) is 0.579. The number of hydrogen-bond donors (Lipinski definition) is 1. The van der Waals surface area contributed by atoms with Gasteiger partial charge in [-0.25, -0.2) is 0 Å². The highest BCUT2D eigenvalue weighted by Gasteiger charge is 2.38. The number of carbonyl (C=O) groups is 2. The summed E-state index contributed by atoms with van der Waals surface area (Å²) in [4.78, 5) is 28.8. The van der Waals surface area contributed by atoms with Crippen molar-refractivity contribution in [3.63, 3.8) is 0 Å². The molecule has 0 radical (unpaired) electrons. The number of nitrogens with one attached hydrogen (secondary N) is 1. The standard InChI is InChI=1S/C19H27N3O2/c1-14-3-5-15(6-4-14)11-22-13-17(9-18(22)23)19(24)21-8-7-16(12-21)10-20-2/h3-6,16-17,20H,7-13H2,1-2H3. The molecule has 2 saturated heterocycles. The summed E-state index contributed by atoms with van der Waals surface area (Å²) in [6, 6.07) is 8.23. The van der Waals surface area contributed by atoms with Gasteiger partial charge in [-0.15, -0.1) is 0 Å². The van der Waals surface area contributed by atoms with Crippen molar-refractivity contribution in [3.8, 4) is 0 Å². The van der Waals surface area contributed by atoms with Crippen LogP contribution in [0.5, 0.6) is 0 Å². The molecule has 2 aliphatic rings. The van der Waals surface area contributed by atoms with E-state index in [0.29, 0.717) is 25.4 Å². The van der Waals surface area contributed by atoms with Crippen molar-refractivity contribution < 1.29 is 9.59 Å². The van der Waals surface area contributed by atoms with Crippen LogP contribution in [0.3, 0.4) is 0 Å². The van der Waals surface area contributed by atoms with Gasteiger partial charge < -0.3 is 15.1 Å². The number of rotatable bonds is 5. The van der Waals surface area contributed by atoms with Crippen LogP contribution in [0.4, 0.5) is 0 Å². The Morgan fingerprint density at radius 1 is 1.25 bits per heavy atom. The van der Waals surface area contributed by atoms with Gasteiger partial charge in [0.2, 0.25) is 11.8 Å². The highest BCUT2D eigenvalue weighted by atomic mass is 16.2. The van der Waals surface area contributed by atoms with Crippen molar-refractivity contribution in [3.05, 3.63) is 35.4 Å². The summed E-state index contributed by atoms with van der Waals surface area (Å²) in [5, 5.41) is 3.18. The summed E-state index contributed by atoms with van der Waals surface area (Å²) in [5.41, 5.74) is 2.34. The first-order valence-electron chi connectivity index (χ1n) is 8.83. The Hall–Kier alpha value is -1.88. The molecule has 130 valence electrons. The Bertz CT molecular complexity index is 599. The van der Waals surface area contributed by atoms with E-state index in [0.717, 1.165) is 31.6 Å². The molecule has 1 aromatic rings. The lowest BCUT2D eigenvalue weighted by atomic mass is 10.1. The summed E-state index contributed by atoms with van der Waals surface area (Å²) in [5.74, 6) is 0.629. The fourth-order valence-corrected chi connectivity index (χ4v) is 3.75. The summed E-state index contributed by atoms with van der Waals surface area (Å²) in [7, 11) is 1.95. The number of carbonyl (C=O) groups excluding carboxylic acids is 2. The highest BCUT2D eigenvalue weighted by molar-refractivity contribution is 5.89. The van der Waals surface area contributed by atoms with Crippen LogP contribution in [0.1, 0.15) is 24.0 Å². The third-order valence-electron chi connectivity index (χ3n) is 5.15. The first-order chi connectivity index (χ1) is 11.6. The van der Waals surface area contributed by atoms with Crippen LogP contribution in [0, 0.1) is 18.8 Å². The number of aryl methyl sites for hydroxylation is 1. The summed E-state index contributed by atoms with van der Waals surface area (Å²) in [6.45, 7) is 5.81. The zero-order valence-electron chi connectivity index (χ0n) is 14.6. The third-order valence-corrected chi connectivity index (χ3v) is 5.15. The second-order valence-electron chi connectivity index (χ2n) is 7.16. The topological polar surface area (TPSA) is 52.7 Å². The molecule has 2 aliphatic heterocycles. The molecule has 1 aromatic carbocycles. The van der Waals surface area contributed by atoms with E-state index in [1.807, 2.05) is 16.8 Å². The Morgan fingerprint density at radius 2 is 2.00 bits per heavy atom. The van der Waals surface area contributed by atoms with Crippen LogP contribution in [-0.2, 0) is 16.1 Å². The van der Waals surface area contributed by atoms with Crippen LogP contribution < -0.4 is 5.32 Å². The molecule has 2 amide bonds. The van der Waals surface area contributed by atoms with Crippen molar-refractivity contribution in [1.29, 1.82) is 0 Å². The molecule has 0 aromatic heterocycles.